The summed E-state index contributed by atoms with van der Waals surface area (Å²) >= 11 is 0. The fraction of sp³-hybridized carbons (Fsp3) is 0.480. The maximum absolute atomic E-state index is 11.4. The Bertz CT molecular complexity index is 789. The molecule has 1 aliphatic rings. The van der Waals surface area contributed by atoms with E-state index in [0.717, 1.165) is 5.57 Å². The van der Waals surface area contributed by atoms with Crippen LogP contribution in [0.5, 0.6) is 0 Å². The first-order valence-electron chi connectivity index (χ1n) is 9.92. The fourth-order valence-electron chi connectivity index (χ4n) is 3.63. The topological polar surface area (TPSA) is 26.3 Å². The molecule has 0 aromatic heterocycles. The number of ether oxygens (including phenoxy) is 1. The van der Waals surface area contributed by atoms with Crippen LogP contribution in [-0.2, 0) is 20.4 Å². The number of fused-ring (bicyclic) bond motifs is 1. The second-order valence-electron chi connectivity index (χ2n) is 8.87. The van der Waals surface area contributed by atoms with E-state index in [0.29, 0.717) is 6.61 Å². The van der Waals surface area contributed by atoms with E-state index in [2.05, 4.69) is 58.9 Å². The normalized spacial score (nSPS) is 19.1. The molecular weight excluding hydrogens is 332 g/mol. The summed E-state index contributed by atoms with van der Waals surface area (Å²) in [6.45, 7) is 15.7. The molecule has 0 atom stereocenters. The van der Waals surface area contributed by atoms with Gasteiger partial charge in [-0.1, -0.05) is 69.7 Å². The van der Waals surface area contributed by atoms with Crippen LogP contribution in [0, 0.1) is 0 Å². The Balaban J connectivity index is 2.27. The highest BCUT2D eigenvalue weighted by Crippen LogP contribution is 2.46. The molecule has 27 heavy (non-hydrogen) atoms. The van der Waals surface area contributed by atoms with Gasteiger partial charge in [-0.25, -0.2) is 4.79 Å². The fourth-order valence-corrected chi connectivity index (χ4v) is 3.63. The first-order valence-corrected chi connectivity index (χ1v) is 9.92. The van der Waals surface area contributed by atoms with Crippen LogP contribution in [0.1, 0.15) is 78.0 Å². The number of hydrogen-bond donors (Lipinski definition) is 0. The van der Waals surface area contributed by atoms with E-state index in [1.54, 1.807) is 6.08 Å². The zero-order chi connectivity index (χ0) is 20.2. The summed E-state index contributed by atoms with van der Waals surface area (Å²) < 4.78 is 4.91. The van der Waals surface area contributed by atoms with Gasteiger partial charge in [-0.2, -0.15) is 0 Å². The zero-order valence-corrected chi connectivity index (χ0v) is 18.0. The maximum atomic E-state index is 11.4. The quantitative estimate of drug-likeness (QED) is 0.337. The predicted octanol–water partition coefficient (Wildman–Crippen LogP) is 6.50. The third-order valence-electron chi connectivity index (χ3n) is 5.67. The maximum Gasteiger partial charge on any atom is 0.330 e. The highest BCUT2D eigenvalue weighted by molar-refractivity contribution is 5.82. The Morgan fingerprint density at radius 2 is 1.63 bits per heavy atom. The zero-order valence-electron chi connectivity index (χ0n) is 18.0. The van der Waals surface area contributed by atoms with Crippen LogP contribution in [0.4, 0.5) is 0 Å². The van der Waals surface area contributed by atoms with Crippen LogP contribution in [0.15, 0.2) is 48.1 Å². The van der Waals surface area contributed by atoms with E-state index in [1.165, 1.54) is 41.2 Å². The molecule has 0 fully saturated rings. The lowest BCUT2D eigenvalue weighted by Gasteiger charge is -2.42. The van der Waals surface area contributed by atoms with Crippen molar-refractivity contribution in [3.63, 3.8) is 0 Å². The average molecular weight is 367 g/mol. The third kappa shape index (κ3) is 5.22. The summed E-state index contributed by atoms with van der Waals surface area (Å²) in [5, 5.41) is 0. The molecule has 0 bridgehead atoms. The molecule has 1 aromatic carbocycles. The largest absolute Gasteiger partial charge is 0.463 e. The Morgan fingerprint density at radius 1 is 1.00 bits per heavy atom. The molecule has 2 rings (SSSR count). The minimum Gasteiger partial charge on any atom is -0.463 e. The molecule has 0 unspecified atom stereocenters. The number of carbonyl (C=O) groups is 1. The summed E-state index contributed by atoms with van der Waals surface area (Å²) in [6, 6.07) is 6.94. The smallest absolute Gasteiger partial charge is 0.330 e. The Hall–Kier alpha value is -2.09. The molecule has 0 saturated heterocycles. The number of hydrogen-bond acceptors (Lipinski definition) is 2. The first kappa shape index (κ1) is 21.2. The molecule has 1 aromatic rings. The van der Waals surface area contributed by atoms with Crippen molar-refractivity contribution < 1.29 is 9.53 Å². The Kier molecular flexibility index (Phi) is 6.51. The summed E-state index contributed by atoms with van der Waals surface area (Å²) in [6.07, 6.45) is 9.88. The summed E-state index contributed by atoms with van der Waals surface area (Å²) in [7, 11) is 0. The van der Waals surface area contributed by atoms with Crippen molar-refractivity contribution in [3.8, 4) is 0 Å². The third-order valence-corrected chi connectivity index (χ3v) is 5.67. The minimum atomic E-state index is -0.300. The molecular formula is C25H34O2. The Morgan fingerprint density at radius 3 is 2.26 bits per heavy atom. The molecule has 0 radical (unpaired) electrons. The number of esters is 1. The second-order valence-corrected chi connectivity index (χ2v) is 8.87. The van der Waals surface area contributed by atoms with Gasteiger partial charge in [0.2, 0.25) is 0 Å². The highest BCUT2D eigenvalue weighted by Gasteiger charge is 2.36. The molecule has 0 amide bonds. The molecule has 0 heterocycles. The minimum absolute atomic E-state index is 0.218. The number of allylic oxidation sites excluding steroid dienone is 5. The van der Waals surface area contributed by atoms with Crippen LogP contribution >= 0.6 is 0 Å². The first-order chi connectivity index (χ1) is 12.6. The molecule has 1 aliphatic carbocycles. The molecule has 0 N–H and O–H groups in total. The van der Waals surface area contributed by atoms with Crippen LogP contribution in [0.25, 0.3) is 5.57 Å². The van der Waals surface area contributed by atoms with Crippen molar-refractivity contribution in [2.24, 2.45) is 0 Å². The predicted molar refractivity (Wildman–Crippen MR) is 115 cm³/mol. The van der Waals surface area contributed by atoms with Crippen molar-refractivity contribution in [1.29, 1.82) is 0 Å². The molecule has 0 spiro atoms. The van der Waals surface area contributed by atoms with Crippen LogP contribution in [0.2, 0.25) is 0 Å². The summed E-state index contributed by atoms with van der Waals surface area (Å²) in [5.74, 6) is -0.300. The lowest BCUT2D eigenvalue weighted by molar-refractivity contribution is -0.137. The van der Waals surface area contributed by atoms with E-state index in [-0.39, 0.29) is 16.8 Å². The van der Waals surface area contributed by atoms with Gasteiger partial charge in [0.05, 0.1) is 6.61 Å². The molecule has 146 valence electrons. The van der Waals surface area contributed by atoms with E-state index >= 15 is 0 Å². The van der Waals surface area contributed by atoms with Crippen LogP contribution in [0.3, 0.4) is 0 Å². The van der Waals surface area contributed by atoms with Crippen LogP contribution < -0.4 is 0 Å². The summed E-state index contributed by atoms with van der Waals surface area (Å²) in [4.78, 5) is 11.4. The number of benzene rings is 1. The van der Waals surface area contributed by atoms with Crippen molar-refractivity contribution >= 4 is 11.5 Å². The van der Waals surface area contributed by atoms with Crippen LogP contribution in [-0.4, -0.2) is 12.6 Å². The van der Waals surface area contributed by atoms with Crippen molar-refractivity contribution in [2.75, 3.05) is 6.61 Å². The average Bonchev–Trinajstić information content (AvgIpc) is 2.62. The van der Waals surface area contributed by atoms with Gasteiger partial charge in [0.1, 0.15) is 0 Å². The van der Waals surface area contributed by atoms with Gasteiger partial charge in [0, 0.05) is 6.08 Å². The van der Waals surface area contributed by atoms with Crippen molar-refractivity contribution in [1.82, 2.24) is 0 Å². The second kappa shape index (κ2) is 8.29. The van der Waals surface area contributed by atoms with Gasteiger partial charge < -0.3 is 4.74 Å². The van der Waals surface area contributed by atoms with Gasteiger partial charge in [-0.05, 0) is 66.7 Å². The van der Waals surface area contributed by atoms with E-state index < -0.39 is 0 Å². The van der Waals surface area contributed by atoms with E-state index in [1.807, 2.05) is 19.9 Å². The van der Waals surface area contributed by atoms with Gasteiger partial charge in [-0.15, -0.1) is 0 Å². The molecule has 0 aliphatic heterocycles. The van der Waals surface area contributed by atoms with E-state index in [9.17, 15) is 4.79 Å². The lowest BCUT2D eigenvalue weighted by Crippen LogP contribution is -2.33. The monoisotopic (exact) mass is 366 g/mol. The van der Waals surface area contributed by atoms with E-state index in [4.69, 9.17) is 4.74 Å². The van der Waals surface area contributed by atoms with Crippen molar-refractivity contribution in [3.05, 3.63) is 64.8 Å². The SMILES string of the molecule is CCOC(=O)C=CC(C)=CC=C(C)c1ccc2c(c1)C(C)(C)CCC2(C)C. The number of rotatable bonds is 5. The van der Waals surface area contributed by atoms with Crippen molar-refractivity contribution in [2.45, 2.75) is 72.1 Å². The Labute approximate surface area is 165 Å². The molecule has 0 saturated carbocycles. The lowest BCUT2D eigenvalue weighted by atomic mass is 9.63. The summed E-state index contributed by atoms with van der Waals surface area (Å²) in [5.41, 5.74) is 6.93. The van der Waals surface area contributed by atoms with Gasteiger partial charge >= 0.3 is 5.97 Å². The molecule has 2 heteroatoms. The standard InChI is InChI=1S/C25H34O2/c1-8-27-23(26)14-10-18(2)9-11-19(3)20-12-13-21-22(17-20)25(6,7)16-15-24(21,4)5/h9-14,17H,8,15-16H2,1-7H3. The highest BCUT2D eigenvalue weighted by atomic mass is 16.5. The van der Waals surface area contributed by atoms with Gasteiger partial charge in [0.15, 0.2) is 0 Å². The number of carbonyl (C=O) groups excluding carboxylic acids is 1. The van der Waals surface area contributed by atoms with Gasteiger partial charge in [-0.3, -0.25) is 0 Å². The molecule has 2 nitrogen and oxygen atoms in total. The van der Waals surface area contributed by atoms with Gasteiger partial charge in [0.25, 0.3) is 0 Å².